The van der Waals surface area contributed by atoms with Gasteiger partial charge in [0.05, 0.1) is 13.2 Å². The zero-order valence-electron chi connectivity index (χ0n) is 18.1. The molecule has 0 fully saturated rings. The first-order valence-electron chi connectivity index (χ1n) is 10.8. The summed E-state index contributed by atoms with van der Waals surface area (Å²) in [6, 6.07) is 12.3. The van der Waals surface area contributed by atoms with E-state index in [0.29, 0.717) is 6.42 Å². The molecule has 0 saturated carbocycles. The second kappa shape index (κ2) is 9.82. The summed E-state index contributed by atoms with van der Waals surface area (Å²) in [5.41, 5.74) is 4.93. The highest BCUT2D eigenvalue weighted by Crippen LogP contribution is 2.27. The molecule has 0 heterocycles. The Kier molecular flexibility index (Phi) is 7.18. The molecule has 0 spiro atoms. The number of amides is 1. The van der Waals surface area contributed by atoms with Gasteiger partial charge in [-0.3, -0.25) is 4.79 Å². The Bertz CT molecular complexity index is 846. The number of benzene rings is 2. The van der Waals surface area contributed by atoms with Crippen LogP contribution in [-0.4, -0.2) is 19.1 Å². The van der Waals surface area contributed by atoms with Crippen molar-refractivity contribution >= 4 is 5.91 Å². The molecule has 2 aromatic carbocycles. The van der Waals surface area contributed by atoms with Crippen molar-refractivity contribution in [3.63, 3.8) is 0 Å². The summed E-state index contributed by atoms with van der Waals surface area (Å²) < 4.78 is 11.4. The van der Waals surface area contributed by atoms with E-state index in [9.17, 15) is 4.79 Å². The first-order valence-corrected chi connectivity index (χ1v) is 10.8. The highest BCUT2D eigenvalue weighted by atomic mass is 16.5. The summed E-state index contributed by atoms with van der Waals surface area (Å²) in [6.45, 7) is 6.09. The van der Waals surface area contributed by atoms with Gasteiger partial charge >= 0.3 is 0 Å². The van der Waals surface area contributed by atoms with Crippen molar-refractivity contribution in [1.29, 1.82) is 0 Å². The predicted molar refractivity (Wildman–Crippen MR) is 117 cm³/mol. The van der Waals surface area contributed by atoms with Crippen LogP contribution in [0.15, 0.2) is 36.4 Å². The van der Waals surface area contributed by atoms with Gasteiger partial charge in [-0.2, -0.15) is 0 Å². The van der Waals surface area contributed by atoms with Crippen molar-refractivity contribution in [2.24, 2.45) is 0 Å². The van der Waals surface area contributed by atoms with E-state index in [1.807, 2.05) is 32.0 Å². The fourth-order valence-corrected chi connectivity index (χ4v) is 4.07. The third kappa shape index (κ3) is 5.11. The van der Waals surface area contributed by atoms with Crippen molar-refractivity contribution in [1.82, 2.24) is 5.32 Å². The molecule has 0 aromatic heterocycles. The molecule has 4 nitrogen and oxygen atoms in total. The number of hydrogen-bond donors (Lipinski definition) is 1. The SMILES string of the molecule is CC[C@H](NC(=O)[C@@H](CC)Oc1ccc2c(c1)CCCC2)c1ccc(OC)c(C)c1. The van der Waals surface area contributed by atoms with Crippen molar-refractivity contribution in [3.8, 4) is 11.5 Å². The van der Waals surface area contributed by atoms with E-state index in [1.165, 1.54) is 24.0 Å². The van der Waals surface area contributed by atoms with E-state index in [4.69, 9.17) is 9.47 Å². The Hall–Kier alpha value is -2.49. The number of fused-ring (bicyclic) bond motifs is 1. The lowest BCUT2D eigenvalue weighted by Crippen LogP contribution is -2.40. The Morgan fingerprint density at radius 3 is 2.45 bits per heavy atom. The number of carbonyl (C=O) groups is 1. The lowest BCUT2D eigenvalue weighted by molar-refractivity contribution is -0.128. The van der Waals surface area contributed by atoms with Gasteiger partial charge in [-0.15, -0.1) is 0 Å². The number of ether oxygens (including phenoxy) is 2. The van der Waals surface area contributed by atoms with Crippen LogP contribution in [0, 0.1) is 6.92 Å². The number of aryl methyl sites for hydroxylation is 3. The number of methoxy groups -OCH3 is 1. The maximum absolute atomic E-state index is 13.0. The van der Waals surface area contributed by atoms with E-state index in [-0.39, 0.29) is 11.9 Å². The monoisotopic (exact) mass is 395 g/mol. The molecule has 3 rings (SSSR count). The van der Waals surface area contributed by atoms with Crippen LogP contribution in [0.1, 0.15) is 67.8 Å². The summed E-state index contributed by atoms with van der Waals surface area (Å²) in [6.07, 6.45) is 5.68. The fourth-order valence-electron chi connectivity index (χ4n) is 4.07. The van der Waals surface area contributed by atoms with Gasteiger partial charge < -0.3 is 14.8 Å². The number of nitrogens with one attached hydrogen (secondary N) is 1. The van der Waals surface area contributed by atoms with Crippen molar-refractivity contribution in [3.05, 3.63) is 58.7 Å². The minimum atomic E-state index is -0.495. The molecule has 0 unspecified atom stereocenters. The van der Waals surface area contributed by atoms with Crippen LogP contribution < -0.4 is 14.8 Å². The smallest absolute Gasteiger partial charge is 0.261 e. The molecule has 0 bridgehead atoms. The van der Waals surface area contributed by atoms with Crippen LogP contribution in [-0.2, 0) is 17.6 Å². The summed E-state index contributed by atoms with van der Waals surface area (Å²) in [4.78, 5) is 13.0. The molecule has 4 heteroatoms. The maximum Gasteiger partial charge on any atom is 0.261 e. The minimum Gasteiger partial charge on any atom is -0.496 e. The van der Waals surface area contributed by atoms with Crippen LogP contribution in [0.5, 0.6) is 11.5 Å². The van der Waals surface area contributed by atoms with E-state index in [2.05, 4.69) is 30.4 Å². The largest absolute Gasteiger partial charge is 0.496 e. The van der Waals surface area contributed by atoms with Crippen LogP contribution in [0.25, 0.3) is 0 Å². The number of rotatable bonds is 8. The third-order valence-corrected chi connectivity index (χ3v) is 5.81. The highest BCUT2D eigenvalue weighted by Gasteiger charge is 2.23. The van der Waals surface area contributed by atoms with Gasteiger partial charge in [0.15, 0.2) is 6.10 Å². The molecule has 2 aromatic rings. The molecule has 1 amide bonds. The average Bonchev–Trinajstić information content (AvgIpc) is 2.75. The van der Waals surface area contributed by atoms with Gasteiger partial charge in [-0.25, -0.2) is 0 Å². The van der Waals surface area contributed by atoms with Gasteiger partial charge in [-0.1, -0.05) is 32.0 Å². The van der Waals surface area contributed by atoms with Crippen molar-refractivity contribution < 1.29 is 14.3 Å². The van der Waals surface area contributed by atoms with Gasteiger partial charge in [0.2, 0.25) is 0 Å². The minimum absolute atomic E-state index is 0.0479. The topological polar surface area (TPSA) is 47.6 Å². The summed E-state index contributed by atoms with van der Waals surface area (Å²) >= 11 is 0. The third-order valence-electron chi connectivity index (χ3n) is 5.81. The summed E-state index contributed by atoms with van der Waals surface area (Å²) in [5, 5.41) is 3.18. The molecular weight excluding hydrogens is 362 g/mol. The molecule has 1 aliphatic carbocycles. The van der Waals surface area contributed by atoms with Crippen molar-refractivity contribution in [2.45, 2.75) is 71.4 Å². The Labute approximate surface area is 174 Å². The van der Waals surface area contributed by atoms with Gasteiger partial charge in [0, 0.05) is 0 Å². The van der Waals surface area contributed by atoms with Crippen LogP contribution in [0.4, 0.5) is 0 Å². The van der Waals surface area contributed by atoms with Gasteiger partial charge in [0.25, 0.3) is 5.91 Å². The first kappa shape index (κ1) is 21.2. The van der Waals surface area contributed by atoms with Crippen LogP contribution in [0.3, 0.4) is 0 Å². The Morgan fingerprint density at radius 2 is 1.79 bits per heavy atom. The molecular formula is C25H33NO3. The molecule has 156 valence electrons. The highest BCUT2D eigenvalue weighted by molar-refractivity contribution is 5.81. The molecule has 2 atom stereocenters. The fraction of sp³-hybridized carbons (Fsp3) is 0.480. The zero-order chi connectivity index (χ0) is 20.8. The second-order valence-electron chi connectivity index (χ2n) is 7.85. The molecule has 0 saturated heterocycles. The van der Waals surface area contributed by atoms with Gasteiger partial charge in [0.1, 0.15) is 11.5 Å². The van der Waals surface area contributed by atoms with Gasteiger partial charge in [-0.05, 0) is 85.9 Å². The molecule has 1 N–H and O–H groups in total. The zero-order valence-corrected chi connectivity index (χ0v) is 18.1. The lowest BCUT2D eigenvalue weighted by atomic mass is 9.92. The Balaban J connectivity index is 1.69. The van der Waals surface area contributed by atoms with E-state index < -0.39 is 6.10 Å². The Morgan fingerprint density at radius 1 is 1.03 bits per heavy atom. The van der Waals surface area contributed by atoms with Crippen molar-refractivity contribution in [2.75, 3.05) is 7.11 Å². The summed E-state index contributed by atoms with van der Waals surface area (Å²) in [7, 11) is 1.67. The lowest BCUT2D eigenvalue weighted by Gasteiger charge is -2.24. The van der Waals surface area contributed by atoms with E-state index in [1.54, 1.807) is 7.11 Å². The molecule has 0 radical (unpaired) electrons. The van der Waals surface area contributed by atoms with Crippen LogP contribution in [0.2, 0.25) is 0 Å². The summed E-state index contributed by atoms with van der Waals surface area (Å²) in [5.74, 6) is 1.59. The molecule has 1 aliphatic rings. The predicted octanol–water partition coefficient (Wildman–Crippen LogP) is 5.31. The molecule has 29 heavy (non-hydrogen) atoms. The average molecular weight is 396 g/mol. The second-order valence-corrected chi connectivity index (χ2v) is 7.85. The first-order chi connectivity index (χ1) is 14.0. The van der Waals surface area contributed by atoms with E-state index in [0.717, 1.165) is 41.9 Å². The molecule has 0 aliphatic heterocycles. The van der Waals surface area contributed by atoms with Crippen LogP contribution >= 0.6 is 0 Å². The maximum atomic E-state index is 13.0. The normalized spacial score (nSPS) is 15.2. The number of hydrogen-bond acceptors (Lipinski definition) is 3. The quantitative estimate of drug-likeness (QED) is 0.659. The van der Waals surface area contributed by atoms with E-state index >= 15 is 0 Å². The number of carbonyl (C=O) groups excluding carboxylic acids is 1. The standard InChI is InChI=1S/C25H33NO3/c1-5-22(20-12-14-24(28-4)17(3)15-20)26-25(27)23(6-2)29-21-13-11-18-9-7-8-10-19(18)16-21/h11-16,22-23H,5-10H2,1-4H3,(H,26,27)/t22-,23+/m0/s1.